The van der Waals surface area contributed by atoms with E-state index in [1.54, 1.807) is 18.2 Å². The van der Waals surface area contributed by atoms with Gasteiger partial charge in [-0.15, -0.1) is 11.6 Å². The molecule has 1 aromatic carbocycles. The summed E-state index contributed by atoms with van der Waals surface area (Å²) < 4.78 is 13.4. The van der Waals surface area contributed by atoms with E-state index < -0.39 is 0 Å². The van der Waals surface area contributed by atoms with Gasteiger partial charge in [0.1, 0.15) is 5.82 Å². The van der Waals surface area contributed by atoms with E-state index in [0.29, 0.717) is 17.4 Å². The van der Waals surface area contributed by atoms with E-state index in [0.717, 1.165) is 25.7 Å². The van der Waals surface area contributed by atoms with E-state index in [-0.39, 0.29) is 24.2 Å². The van der Waals surface area contributed by atoms with Crippen molar-refractivity contribution in [2.75, 3.05) is 5.88 Å². The van der Waals surface area contributed by atoms with E-state index in [1.165, 1.54) is 6.07 Å². The van der Waals surface area contributed by atoms with Crippen molar-refractivity contribution < 1.29 is 9.18 Å². The molecule has 4 heteroatoms. The molecule has 0 heterocycles. The zero-order chi connectivity index (χ0) is 13.7. The van der Waals surface area contributed by atoms with Crippen LogP contribution in [-0.2, 0) is 11.2 Å². The second kappa shape index (κ2) is 6.90. The molecule has 0 saturated heterocycles. The molecule has 0 bridgehead atoms. The molecule has 2 rings (SSSR count). The van der Waals surface area contributed by atoms with Crippen molar-refractivity contribution in [2.45, 2.75) is 38.1 Å². The maximum atomic E-state index is 13.4. The maximum absolute atomic E-state index is 13.4. The predicted molar refractivity (Wildman–Crippen MR) is 74.7 cm³/mol. The van der Waals surface area contributed by atoms with Crippen LogP contribution < -0.4 is 5.32 Å². The van der Waals surface area contributed by atoms with Gasteiger partial charge in [0, 0.05) is 11.9 Å². The molecule has 19 heavy (non-hydrogen) atoms. The number of carbonyl (C=O) groups is 1. The zero-order valence-electron chi connectivity index (χ0n) is 10.9. The number of hydrogen-bond acceptors (Lipinski definition) is 1. The Balaban J connectivity index is 1.86. The van der Waals surface area contributed by atoms with Crippen molar-refractivity contribution in [1.29, 1.82) is 0 Å². The number of halogens is 2. The van der Waals surface area contributed by atoms with Gasteiger partial charge in [0.2, 0.25) is 5.91 Å². The summed E-state index contributed by atoms with van der Waals surface area (Å²) in [6.07, 6.45) is 4.28. The lowest BCUT2D eigenvalue weighted by atomic mass is 9.87. The maximum Gasteiger partial charge on any atom is 0.224 e. The fourth-order valence-electron chi connectivity index (χ4n) is 2.66. The summed E-state index contributed by atoms with van der Waals surface area (Å²) in [7, 11) is 0. The Labute approximate surface area is 118 Å². The SMILES string of the molecule is O=C(Cc1ccccc1F)NC1CCCC(CCl)C1. The molecular formula is C15H19ClFNO. The Morgan fingerprint density at radius 2 is 2.16 bits per heavy atom. The Hall–Kier alpha value is -1.09. The van der Waals surface area contributed by atoms with Crippen molar-refractivity contribution >= 4 is 17.5 Å². The molecular weight excluding hydrogens is 265 g/mol. The van der Waals surface area contributed by atoms with E-state index in [4.69, 9.17) is 11.6 Å². The van der Waals surface area contributed by atoms with Crippen LogP contribution in [-0.4, -0.2) is 17.8 Å². The molecule has 104 valence electrons. The van der Waals surface area contributed by atoms with Gasteiger partial charge in [-0.3, -0.25) is 4.79 Å². The van der Waals surface area contributed by atoms with E-state index in [1.807, 2.05) is 0 Å². The fourth-order valence-corrected chi connectivity index (χ4v) is 2.94. The first-order valence-corrected chi connectivity index (χ1v) is 7.31. The lowest BCUT2D eigenvalue weighted by Crippen LogP contribution is -2.39. The van der Waals surface area contributed by atoms with Gasteiger partial charge in [-0.2, -0.15) is 0 Å². The first-order valence-electron chi connectivity index (χ1n) is 6.77. The van der Waals surface area contributed by atoms with E-state index in [2.05, 4.69) is 5.32 Å². The van der Waals surface area contributed by atoms with Gasteiger partial charge in [-0.1, -0.05) is 24.6 Å². The van der Waals surface area contributed by atoms with Crippen LogP contribution in [0.1, 0.15) is 31.2 Å². The van der Waals surface area contributed by atoms with Crippen LogP contribution in [0, 0.1) is 11.7 Å². The normalized spacial score (nSPS) is 23.1. The monoisotopic (exact) mass is 283 g/mol. The van der Waals surface area contributed by atoms with Gasteiger partial charge in [-0.05, 0) is 36.8 Å². The fraction of sp³-hybridized carbons (Fsp3) is 0.533. The Morgan fingerprint density at radius 1 is 1.37 bits per heavy atom. The van der Waals surface area contributed by atoms with Crippen molar-refractivity contribution in [1.82, 2.24) is 5.32 Å². The number of carbonyl (C=O) groups excluding carboxylic acids is 1. The molecule has 1 N–H and O–H groups in total. The molecule has 0 aliphatic heterocycles. The van der Waals surface area contributed by atoms with E-state index in [9.17, 15) is 9.18 Å². The summed E-state index contributed by atoms with van der Waals surface area (Å²) in [5, 5.41) is 2.99. The minimum atomic E-state index is -0.320. The molecule has 2 atom stereocenters. The standard InChI is InChI=1S/C15H19ClFNO/c16-10-11-4-3-6-13(8-11)18-15(19)9-12-5-1-2-7-14(12)17/h1-2,5,7,11,13H,3-4,6,8-10H2,(H,18,19). The summed E-state index contributed by atoms with van der Waals surface area (Å²) >= 11 is 5.87. The molecule has 1 aliphatic carbocycles. The molecule has 1 aliphatic rings. The summed E-state index contributed by atoms with van der Waals surface area (Å²) in [5.41, 5.74) is 0.449. The lowest BCUT2D eigenvalue weighted by molar-refractivity contribution is -0.121. The highest BCUT2D eigenvalue weighted by atomic mass is 35.5. The smallest absolute Gasteiger partial charge is 0.224 e. The highest BCUT2D eigenvalue weighted by Gasteiger charge is 2.22. The van der Waals surface area contributed by atoms with Crippen LogP contribution in [0.15, 0.2) is 24.3 Å². The molecule has 1 amide bonds. The van der Waals surface area contributed by atoms with Gasteiger partial charge in [-0.25, -0.2) is 4.39 Å². The van der Waals surface area contributed by atoms with Crippen LogP contribution in [0.5, 0.6) is 0 Å². The third-order valence-electron chi connectivity index (χ3n) is 3.67. The summed E-state index contributed by atoms with van der Waals surface area (Å²) in [6.45, 7) is 0. The third-order valence-corrected chi connectivity index (χ3v) is 4.11. The van der Waals surface area contributed by atoms with Crippen LogP contribution in [0.25, 0.3) is 0 Å². The number of alkyl halides is 1. The van der Waals surface area contributed by atoms with Gasteiger partial charge in [0.05, 0.1) is 6.42 Å². The van der Waals surface area contributed by atoms with Crippen molar-refractivity contribution in [3.63, 3.8) is 0 Å². The molecule has 2 nitrogen and oxygen atoms in total. The Kier molecular flexibility index (Phi) is 5.20. The summed E-state index contributed by atoms with van der Waals surface area (Å²) in [4.78, 5) is 11.9. The quantitative estimate of drug-likeness (QED) is 0.844. The minimum absolute atomic E-state index is 0.106. The zero-order valence-corrected chi connectivity index (χ0v) is 11.6. The van der Waals surface area contributed by atoms with Crippen LogP contribution >= 0.6 is 11.6 Å². The average molecular weight is 284 g/mol. The molecule has 1 fully saturated rings. The van der Waals surface area contributed by atoms with Gasteiger partial charge in [0.25, 0.3) is 0 Å². The number of rotatable bonds is 4. The topological polar surface area (TPSA) is 29.1 Å². The Bertz CT molecular complexity index is 438. The number of nitrogens with one attached hydrogen (secondary N) is 1. The summed E-state index contributed by atoms with van der Waals surface area (Å²) in [5.74, 6) is 0.721. The first-order chi connectivity index (χ1) is 9.19. The number of hydrogen-bond donors (Lipinski definition) is 1. The average Bonchev–Trinajstić information content (AvgIpc) is 2.41. The molecule has 1 aromatic rings. The second-order valence-corrected chi connectivity index (χ2v) is 5.53. The molecule has 1 saturated carbocycles. The lowest BCUT2D eigenvalue weighted by Gasteiger charge is -2.28. The first kappa shape index (κ1) is 14.3. The Morgan fingerprint density at radius 3 is 2.89 bits per heavy atom. The van der Waals surface area contributed by atoms with Crippen molar-refractivity contribution in [3.05, 3.63) is 35.6 Å². The molecule has 2 unspecified atom stereocenters. The highest BCUT2D eigenvalue weighted by molar-refractivity contribution is 6.18. The predicted octanol–water partition coefficient (Wildman–Crippen LogP) is 3.28. The highest BCUT2D eigenvalue weighted by Crippen LogP contribution is 2.25. The van der Waals surface area contributed by atoms with Gasteiger partial charge >= 0.3 is 0 Å². The second-order valence-electron chi connectivity index (χ2n) is 5.22. The van der Waals surface area contributed by atoms with Gasteiger partial charge < -0.3 is 5.32 Å². The molecule has 0 aromatic heterocycles. The van der Waals surface area contributed by atoms with Crippen LogP contribution in [0.4, 0.5) is 4.39 Å². The third kappa shape index (κ3) is 4.20. The van der Waals surface area contributed by atoms with Crippen molar-refractivity contribution in [2.24, 2.45) is 5.92 Å². The largest absolute Gasteiger partial charge is 0.353 e. The number of amides is 1. The van der Waals surface area contributed by atoms with Gasteiger partial charge in [0.15, 0.2) is 0 Å². The van der Waals surface area contributed by atoms with Crippen LogP contribution in [0.2, 0.25) is 0 Å². The molecule has 0 radical (unpaired) electrons. The minimum Gasteiger partial charge on any atom is -0.353 e. The number of benzene rings is 1. The summed E-state index contributed by atoms with van der Waals surface area (Å²) in [6, 6.07) is 6.60. The van der Waals surface area contributed by atoms with Crippen LogP contribution in [0.3, 0.4) is 0 Å². The van der Waals surface area contributed by atoms with E-state index >= 15 is 0 Å². The van der Waals surface area contributed by atoms with Crippen molar-refractivity contribution in [3.8, 4) is 0 Å². The molecule has 0 spiro atoms.